The molecule has 10 heteroatoms. The molecule has 2 aliphatic heterocycles. The normalized spacial score (nSPS) is 17.9. The molecule has 0 radical (unpaired) electrons. The highest BCUT2D eigenvalue weighted by atomic mass is 16.6. The smallest absolute Gasteiger partial charge is 0.410 e. The molecule has 6 rings (SSSR count). The Morgan fingerprint density at radius 3 is 2.76 bits per heavy atom. The molecule has 2 aliphatic rings. The average Bonchev–Trinajstić information content (AvgIpc) is 3.60. The van der Waals surface area contributed by atoms with Gasteiger partial charge in [0.25, 0.3) is 0 Å². The highest BCUT2D eigenvalue weighted by Crippen LogP contribution is 2.37. The van der Waals surface area contributed by atoms with Gasteiger partial charge in [0, 0.05) is 55.6 Å². The van der Waals surface area contributed by atoms with E-state index in [1.54, 1.807) is 11.2 Å². The Kier molecular flexibility index (Phi) is 6.06. The Labute approximate surface area is 214 Å². The first kappa shape index (κ1) is 23.2. The number of amides is 1. The van der Waals surface area contributed by atoms with Crippen molar-refractivity contribution in [2.45, 2.75) is 37.5 Å². The molecule has 4 aromatic rings. The second kappa shape index (κ2) is 9.67. The van der Waals surface area contributed by atoms with E-state index in [4.69, 9.17) is 4.74 Å². The molecule has 0 atom stereocenters. The number of nitrogens with one attached hydrogen (secondary N) is 1. The Balaban J connectivity index is 1.07. The molecule has 0 unspecified atom stereocenters. The van der Waals surface area contributed by atoms with Crippen molar-refractivity contribution < 1.29 is 9.53 Å². The molecule has 1 amide bonds. The van der Waals surface area contributed by atoms with E-state index in [2.05, 4.69) is 31.0 Å². The topological polar surface area (TPSA) is 116 Å². The number of carbonyl (C=O) groups excluding carboxylic acids is 1. The number of H-pyrrole nitrogens is 1. The minimum atomic E-state index is -0.358. The number of likely N-dealkylation sites (tertiary alicyclic amines) is 2. The Morgan fingerprint density at radius 1 is 1.16 bits per heavy atom. The largest absolute Gasteiger partial charge is 0.445 e. The van der Waals surface area contributed by atoms with Crippen molar-refractivity contribution in [2.75, 3.05) is 26.2 Å². The van der Waals surface area contributed by atoms with Crippen molar-refractivity contribution in [2.24, 2.45) is 0 Å². The third-order valence-electron chi connectivity index (χ3n) is 7.54. The maximum atomic E-state index is 12.5. The summed E-state index contributed by atoms with van der Waals surface area (Å²) in [6, 6.07) is 14.4. The van der Waals surface area contributed by atoms with Gasteiger partial charge in [0.05, 0.1) is 24.4 Å². The van der Waals surface area contributed by atoms with Crippen LogP contribution in [0.3, 0.4) is 0 Å². The quantitative estimate of drug-likeness (QED) is 0.434. The van der Waals surface area contributed by atoms with E-state index in [1.807, 2.05) is 59.7 Å². The summed E-state index contributed by atoms with van der Waals surface area (Å²) >= 11 is 0. The summed E-state index contributed by atoms with van der Waals surface area (Å²) in [6.07, 6.45) is 9.12. The van der Waals surface area contributed by atoms with Crippen molar-refractivity contribution >= 4 is 17.1 Å². The maximum absolute atomic E-state index is 12.5. The molecule has 3 aromatic heterocycles. The molecule has 2 fully saturated rings. The summed E-state index contributed by atoms with van der Waals surface area (Å²) in [5, 5.41) is 15.2. The highest BCUT2D eigenvalue weighted by Gasteiger charge is 2.48. The first-order valence-electron chi connectivity index (χ1n) is 12.6. The van der Waals surface area contributed by atoms with Gasteiger partial charge in [0.2, 0.25) is 0 Å². The third kappa shape index (κ3) is 4.42. The number of nitriles is 1. The van der Waals surface area contributed by atoms with Gasteiger partial charge in [-0.2, -0.15) is 10.4 Å². The number of nitrogens with zero attached hydrogens (tertiary/aromatic N) is 7. The summed E-state index contributed by atoms with van der Waals surface area (Å²) in [7, 11) is 0. The van der Waals surface area contributed by atoms with Crippen LogP contribution in [0.2, 0.25) is 0 Å². The van der Waals surface area contributed by atoms with Crippen LogP contribution in [0.1, 0.15) is 24.8 Å². The first-order chi connectivity index (χ1) is 18.1. The fourth-order valence-corrected chi connectivity index (χ4v) is 5.48. The van der Waals surface area contributed by atoms with Crippen molar-refractivity contribution in [1.29, 1.82) is 5.26 Å². The molecule has 188 valence electrons. The van der Waals surface area contributed by atoms with E-state index in [-0.39, 0.29) is 11.6 Å². The van der Waals surface area contributed by atoms with Gasteiger partial charge in [-0.15, -0.1) is 0 Å². The van der Waals surface area contributed by atoms with Crippen LogP contribution >= 0.6 is 0 Å². The van der Waals surface area contributed by atoms with Gasteiger partial charge < -0.3 is 14.6 Å². The number of hydrogen-bond acceptors (Lipinski definition) is 7. The summed E-state index contributed by atoms with van der Waals surface area (Å²) < 4.78 is 7.44. The van der Waals surface area contributed by atoms with E-state index in [0.29, 0.717) is 32.2 Å². The zero-order valence-electron chi connectivity index (χ0n) is 20.5. The number of rotatable bonds is 6. The average molecular weight is 497 g/mol. The lowest BCUT2D eigenvalue weighted by molar-refractivity contribution is -0.0426. The van der Waals surface area contributed by atoms with Crippen molar-refractivity contribution in [3.63, 3.8) is 0 Å². The van der Waals surface area contributed by atoms with E-state index in [9.17, 15) is 10.1 Å². The fourth-order valence-electron chi connectivity index (χ4n) is 5.48. The Morgan fingerprint density at radius 2 is 1.97 bits per heavy atom. The van der Waals surface area contributed by atoms with Crippen LogP contribution in [0.5, 0.6) is 0 Å². The molecule has 10 nitrogen and oxygen atoms in total. The van der Waals surface area contributed by atoms with Crippen molar-refractivity contribution in [1.82, 2.24) is 34.5 Å². The van der Waals surface area contributed by atoms with Crippen LogP contribution in [0.4, 0.5) is 4.79 Å². The zero-order valence-corrected chi connectivity index (χ0v) is 20.5. The van der Waals surface area contributed by atoms with Gasteiger partial charge in [-0.1, -0.05) is 30.3 Å². The predicted molar refractivity (Wildman–Crippen MR) is 136 cm³/mol. The standard InChI is InChI=1S/C27H28N8O2/c28-10-9-27(35-15-21(14-32-35)24-23-6-11-29-25(23)31-19-30-24)17-34(18-27)22-7-12-33(13-8-22)26(36)37-16-20-4-2-1-3-5-20/h1-6,11,14-15,19,22H,7-9,12-13,16-18H2,(H,29,30,31). The number of benzene rings is 1. The van der Waals surface area contributed by atoms with Crippen LogP contribution in [-0.2, 0) is 16.9 Å². The first-order valence-corrected chi connectivity index (χ1v) is 12.6. The van der Waals surface area contributed by atoms with Crippen LogP contribution in [0.15, 0.2) is 61.3 Å². The number of aromatic amines is 1. The third-order valence-corrected chi connectivity index (χ3v) is 7.54. The second-order valence-electron chi connectivity index (χ2n) is 9.86. The van der Waals surface area contributed by atoms with Gasteiger partial charge in [0.15, 0.2) is 0 Å². The van der Waals surface area contributed by atoms with E-state index >= 15 is 0 Å². The molecule has 0 saturated carbocycles. The maximum Gasteiger partial charge on any atom is 0.410 e. The van der Waals surface area contributed by atoms with Crippen molar-refractivity contribution in [3.05, 3.63) is 66.9 Å². The van der Waals surface area contributed by atoms with Gasteiger partial charge in [0.1, 0.15) is 24.1 Å². The van der Waals surface area contributed by atoms with Gasteiger partial charge in [-0.05, 0) is 24.5 Å². The van der Waals surface area contributed by atoms with E-state index in [1.165, 1.54) is 0 Å². The lowest BCUT2D eigenvalue weighted by Crippen LogP contribution is -2.66. The van der Waals surface area contributed by atoms with Crippen LogP contribution in [0.25, 0.3) is 22.3 Å². The number of fused-ring (bicyclic) bond motifs is 1. The van der Waals surface area contributed by atoms with E-state index in [0.717, 1.165) is 53.8 Å². The predicted octanol–water partition coefficient (Wildman–Crippen LogP) is 3.55. The second-order valence-corrected chi connectivity index (χ2v) is 9.86. The van der Waals surface area contributed by atoms with E-state index < -0.39 is 0 Å². The van der Waals surface area contributed by atoms with Crippen molar-refractivity contribution in [3.8, 4) is 17.3 Å². The molecule has 5 heterocycles. The molecular formula is C27H28N8O2. The molecule has 1 aromatic carbocycles. The Bertz CT molecular complexity index is 1430. The minimum Gasteiger partial charge on any atom is -0.445 e. The molecule has 0 spiro atoms. The van der Waals surface area contributed by atoms with Gasteiger partial charge in [-0.25, -0.2) is 14.8 Å². The van der Waals surface area contributed by atoms with Crippen LogP contribution < -0.4 is 0 Å². The van der Waals surface area contributed by atoms with Gasteiger partial charge >= 0.3 is 6.09 Å². The minimum absolute atomic E-state index is 0.255. The summed E-state index contributed by atoms with van der Waals surface area (Å²) in [5.41, 5.74) is 3.15. The van der Waals surface area contributed by atoms with Crippen LogP contribution in [-0.4, -0.2) is 72.8 Å². The summed E-state index contributed by atoms with van der Waals surface area (Å²) in [6.45, 7) is 3.15. The monoisotopic (exact) mass is 496 g/mol. The molecule has 2 saturated heterocycles. The summed E-state index contributed by atoms with van der Waals surface area (Å²) in [4.78, 5) is 28.6. The zero-order chi connectivity index (χ0) is 25.2. The number of ether oxygens (including phenoxy) is 1. The fraction of sp³-hybridized carbons (Fsp3) is 0.370. The lowest BCUT2D eigenvalue weighted by atomic mass is 9.84. The van der Waals surface area contributed by atoms with Gasteiger partial charge in [-0.3, -0.25) is 9.58 Å². The number of piperidine rings is 1. The molecule has 0 bridgehead atoms. The number of carbonyl (C=O) groups is 1. The Hall–Kier alpha value is -4.23. The molecular weight excluding hydrogens is 468 g/mol. The number of hydrogen-bond donors (Lipinski definition) is 1. The highest BCUT2D eigenvalue weighted by molar-refractivity contribution is 5.90. The van der Waals surface area contributed by atoms with Crippen LogP contribution in [0, 0.1) is 11.3 Å². The SMILES string of the molecule is N#CCC1(n2cc(-c3ncnc4[nH]ccc34)cn2)CN(C2CCN(C(=O)OCc3ccccc3)CC2)C1. The molecule has 1 N–H and O–H groups in total. The number of aromatic nitrogens is 5. The summed E-state index contributed by atoms with van der Waals surface area (Å²) in [5.74, 6) is 0. The molecule has 0 aliphatic carbocycles. The lowest BCUT2D eigenvalue weighted by Gasteiger charge is -2.53. The molecule has 37 heavy (non-hydrogen) atoms.